The van der Waals surface area contributed by atoms with Crippen molar-refractivity contribution in [2.75, 3.05) is 39.6 Å². The van der Waals surface area contributed by atoms with Crippen LogP contribution in [0.25, 0.3) is 0 Å². The molecule has 0 unspecified atom stereocenters. The van der Waals surface area contributed by atoms with Crippen LogP contribution in [0.4, 0.5) is 0 Å². The van der Waals surface area contributed by atoms with Crippen LogP contribution in [0, 0.1) is 62.6 Å². The molecule has 1 aromatic rings. The summed E-state index contributed by atoms with van der Waals surface area (Å²) < 4.78 is 21.1. The molecule has 11 heteroatoms. The summed E-state index contributed by atoms with van der Waals surface area (Å²) >= 11 is 0. The van der Waals surface area contributed by atoms with E-state index < -0.39 is 28.3 Å². The van der Waals surface area contributed by atoms with Crippen LogP contribution >= 0.6 is 0 Å². The van der Waals surface area contributed by atoms with E-state index in [1.54, 1.807) is 0 Å². The molecule has 5 aliphatic rings. The summed E-state index contributed by atoms with van der Waals surface area (Å²) in [4.78, 5) is 31.8. The van der Waals surface area contributed by atoms with Crippen molar-refractivity contribution in [2.24, 2.45) is 68.3 Å². The van der Waals surface area contributed by atoms with Crippen molar-refractivity contribution >= 4 is 11.9 Å². The van der Waals surface area contributed by atoms with Gasteiger partial charge in [-0.2, -0.15) is 5.10 Å². The molecule has 0 aromatic carbocycles. The second-order valence-electron chi connectivity index (χ2n) is 20.0. The van der Waals surface area contributed by atoms with Gasteiger partial charge in [-0.05, 0) is 98.2 Å². The predicted molar refractivity (Wildman–Crippen MR) is 209 cm³/mol. The van der Waals surface area contributed by atoms with Crippen LogP contribution in [-0.2, 0) is 19.0 Å². The lowest BCUT2D eigenvalue weighted by molar-refractivity contribution is -0.252. The smallest absolute Gasteiger partial charge is 0.307 e. The Bertz CT molecular complexity index is 1590. The Balaban J connectivity index is 1.44. The largest absolute Gasteiger partial charge is 0.481 e. The van der Waals surface area contributed by atoms with Gasteiger partial charge in [0.2, 0.25) is 5.82 Å². The molecule has 1 aromatic heterocycles. The van der Waals surface area contributed by atoms with Crippen LogP contribution < -0.4 is 11.1 Å². The van der Waals surface area contributed by atoms with Crippen molar-refractivity contribution in [3.8, 4) is 0 Å². The highest BCUT2D eigenvalue weighted by atomic mass is 16.5. The summed E-state index contributed by atoms with van der Waals surface area (Å²) in [6, 6.07) is -0.303. The number of ether oxygens (including phenoxy) is 3. The normalized spacial score (nSPS) is 40.6. The van der Waals surface area contributed by atoms with Gasteiger partial charge in [-0.25, -0.2) is 9.67 Å². The zero-order chi connectivity index (χ0) is 39.6. The molecule has 12 atom stereocenters. The van der Waals surface area contributed by atoms with Crippen LogP contribution in [0.1, 0.15) is 131 Å². The number of hydrogen-bond acceptors (Lipinski definition) is 8. The molecule has 0 spiro atoms. The van der Waals surface area contributed by atoms with Crippen LogP contribution in [0.2, 0.25) is 0 Å². The first-order valence-electron chi connectivity index (χ1n) is 20.9. The minimum Gasteiger partial charge on any atom is -0.481 e. The van der Waals surface area contributed by atoms with Gasteiger partial charge < -0.3 is 30.4 Å². The van der Waals surface area contributed by atoms with E-state index in [1.807, 2.05) is 18.5 Å². The Hall–Kier alpha value is -2.34. The topological polar surface area (TPSA) is 151 Å². The Morgan fingerprint density at radius 2 is 1.83 bits per heavy atom. The van der Waals surface area contributed by atoms with Gasteiger partial charge in [0, 0.05) is 29.5 Å². The maximum Gasteiger partial charge on any atom is 0.307 e. The number of amides is 1. The predicted octanol–water partition coefficient (Wildman–Crippen LogP) is 6.93. The van der Waals surface area contributed by atoms with Crippen molar-refractivity contribution in [1.82, 2.24) is 20.1 Å². The number of nitrogens with zero attached hydrogens (tertiary/aromatic N) is 3. The summed E-state index contributed by atoms with van der Waals surface area (Å²) in [6.07, 6.45) is 8.93. The molecule has 1 amide bonds. The zero-order valence-corrected chi connectivity index (χ0v) is 35.2. The summed E-state index contributed by atoms with van der Waals surface area (Å²) in [5.74, 6) is 0.240. The van der Waals surface area contributed by atoms with E-state index in [2.05, 4.69) is 78.7 Å². The first-order chi connectivity index (χ1) is 25.2. The first-order valence-corrected chi connectivity index (χ1v) is 20.9. The van der Waals surface area contributed by atoms with Crippen molar-refractivity contribution < 1.29 is 28.9 Å². The monoisotopic (exact) mass is 754 g/mol. The number of fused-ring (bicyclic) bond motifs is 3. The van der Waals surface area contributed by atoms with Gasteiger partial charge in [-0.3, -0.25) is 9.59 Å². The molecule has 6 rings (SSSR count). The molecule has 11 nitrogen and oxygen atoms in total. The number of carbonyl (C=O) groups excluding carboxylic acids is 1. The van der Waals surface area contributed by atoms with E-state index in [1.165, 1.54) is 11.9 Å². The number of nitrogens with two attached hydrogens (primary N) is 1. The van der Waals surface area contributed by atoms with Crippen molar-refractivity contribution in [1.29, 1.82) is 0 Å². The molecular formula is C43H71N5O6. The summed E-state index contributed by atoms with van der Waals surface area (Å²) in [6.45, 7) is 27.1. The lowest BCUT2D eigenvalue weighted by atomic mass is 9.34. The molecule has 1 saturated heterocycles. The summed E-state index contributed by atoms with van der Waals surface area (Å²) in [7, 11) is 0. The third kappa shape index (κ3) is 6.20. The second kappa shape index (κ2) is 14.6. The average molecular weight is 754 g/mol. The van der Waals surface area contributed by atoms with Gasteiger partial charge in [0.1, 0.15) is 6.33 Å². The van der Waals surface area contributed by atoms with Gasteiger partial charge in [0.15, 0.2) is 0 Å². The van der Waals surface area contributed by atoms with E-state index in [-0.39, 0.29) is 63.8 Å². The Morgan fingerprint density at radius 3 is 2.48 bits per heavy atom. The number of allylic oxidation sites excluding steroid dienone is 1. The molecule has 4 N–H and O–H groups in total. The lowest BCUT2D eigenvalue weighted by Crippen LogP contribution is -2.69. The highest BCUT2D eigenvalue weighted by molar-refractivity contribution is 5.90. The van der Waals surface area contributed by atoms with E-state index >= 15 is 0 Å². The number of carboxylic acids is 1. The standard InChI is InChI=1S/C43H71N5O6/c1-12-52-20-19-45-36(49)35-46-25-47-48(35)31-21-43-24-53-22-39(8,34(31)54-23-42(11,44)27(4)5)32(43)14-13-29-30(43)15-16-41(10)33(37(50)51)38(7,28(6)26(2)3)17-18-40(29,41)9/h15,25-29,31-34H,12-14,16-24,44H2,1-11H3,(H,45,49)(H,50,51)/t28-,29+,31-,32+,33-,34+,38-,39-,40-,41+,42+,43+/m1/s1. The van der Waals surface area contributed by atoms with Crippen LogP contribution in [0.3, 0.4) is 0 Å². The third-order valence-electron chi connectivity index (χ3n) is 16.8. The lowest BCUT2D eigenvalue weighted by Gasteiger charge is -2.71. The Kier molecular flexibility index (Phi) is 11.1. The molecule has 4 aliphatic carbocycles. The molecule has 3 saturated carbocycles. The molecular weight excluding hydrogens is 683 g/mol. The van der Waals surface area contributed by atoms with Gasteiger partial charge in [0.05, 0.1) is 44.5 Å². The fourth-order valence-electron chi connectivity index (χ4n) is 12.7. The highest BCUT2D eigenvalue weighted by Gasteiger charge is 2.72. The van der Waals surface area contributed by atoms with E-state index in [4.69, 9.17) is 25.0 Å². The minimum atomic E-state index is -0.653. The maximum absolute atomic E-state index is 13.7. The van der Waals surface area contributed by atoms with Crippen LogP contribution in [-0.4, -0.2) is 83.0 Å². The van der Waals surface area contributed by atoms with Crippen LogP contribution in [0.15, 0.2) is 18.0 Å². The number of nitrogens with one attached hydrogen (secondary N) is 1. The first kappa shape index (κ1) is 41.3. The number of aliphatic carboxylic acids is 1. The minimum absolute atomic E-state index is 0.195. The van der Waals surface area contributed by atoms with E-state index in [0.29, 0.717) is 51.9 Å². The molecule has 304 valence electrons. The average Bonchev–Trinajstić information content (AvgIpc) is 3.59. The summed E-state index contributed by atoms with van der Waals surface area (Å²) in [5.41, 5.74) is 6.08. The number of carbonyl (C=O) groups is 2. The maximum atomic E-state index is 13.7. The SMILES string of the molecule is CCOCCNC(=O)c1ncnn1[C@@H]1C[C@@]23COC[C@](C)([C@@H]2CC[C@H]2C3=CC[C@@]3(C)[C@H](C(=O)O)[C@@](C)([C@H](C)C(C)C)CC[C@]23C)[C@H]1OC[C@](C)(N)C(C)C. The van der Waals surface area contributed by atoms with Crippen molar-refractivity contribution in [2.45, 2.75) is 132 Å². The quantitative estimate of drug-likeness (QED) is 0.144. The number of rotatable bonds is 13. The van der Waals surface area contributed by atoms with Gasteiger partial charge in [-0.1, -0.05) is 74.0 Å². The second-order valence-corrected chi connectivity index (χ2v) is 20.0. The Labute approximate surface area is 324 Å². The van der Waals surface area contributed by atoms with Crippen LogP contribution in [0.5, 0.6) is 0 Å². The van der Waals surface area contributed by atoms with Crippen molar-refractivity contribution in [3.05, 3.63) is 23.8 Å². The van der Waals surface area contributed by atoms with Gasteiger partial charge in [-0.15, -0.1) is 0 Å². The van der Waals surface area contributed by atoms with Crippen molar-refractivity contribution in [3.63, 3.8) is 0 Å². The third-order valence-corrected chi connectivity index (χ3v) is 16.8. The van der Waals surface area contributed by atoms with Gasteiger partial charge >= 0.3 is 5.97 Å². The molecule has 2 heterocycles. The number of aromatic nitrogens is 3. The van der Waals surface area contributed by atoms with E-state index in [0.717, 1.165) is 32.1 Å². The fourth-order valence-corrected chi connectivity index (χ4v) is 12.7. The number of hydrogen-bond donors (Lipinski definition) is 3. The number of carboxylic acid groups (broad SMARTS) is 1. The Morgan fingerprint density at radius 1 is 1.11 bits per heavy atom. The summed E-state index contributed by atoms with van der Waals surface area (Å²) in [5, 5.41) is 18.9. The van der Waals surface area contributed by atoms with Gasteiger partial charge in [0.25, 0.3) is 5.91 Å². The molecule has 4 fully saturated rings. The van der Waals surface area contributed by atoms with E-state index in [9.17, 15) is 14.7 Å². The highest BCUT2D eigenvalue weighted by Crippen LogP contribution is 2.75. The molecule has 2 bridgehead atoms. The zero-order valence-electron chi connectivity index (χ0n) is 35.2. The molecule has 54 heavy (non-hydrogen) atoms. The molecule has 0 radical (unpaired) electrons. The molecule has 1 aliphatic heterocycles. The fraction of sp³-hybridized carbons (Fsp3) is 0.860.